The normalized spacial score (nSPS) is 11.1. The highest BCUT2D eigenvalue weighted by atomic mass is 16.5. The summed E-state index contributed by atoms with van der Waals surface area (Å²) >= 11 is 0. The van der Waals surface area contributed by atoms with Gasteiger partial charge in [0.1, 0.15) is 5.75 Å². The van der Waals surface area contributed by atoms with E-state index in [0.29, 0.717) is 0 Å². The molecule has 0 saturated carbocycles. The van der Waals surface area contributed by atoms with Gasteiger partial charge >= 0.3 is 0 Å². The SMILES string of the molecule is COCCN(CCOC)CCOCCc1ccc(OC)cc1. The molecule has 1 aromatic carbocycles. The van der Waals surface area contributed by atoms with E-state index in [1.165, 1.54) is 5.56 Å². The van der Waals surface area contributed by atoms with E-state index < -0.39 is 0 Å². The van der Waals surface area contributed by atoms with E-state index in [9.17, 15) is 0 Å². The smallest absolute Gasteiger partial charge is 0.118 e. The van der Waals surface area contributed by atoms with Gasteiger partial charge in [-0.25, -0.2) is 0 Å². The molecular formula is C17H29NO4. The van der Waals surface area contributed by atoms with E-state index in [2.05, 4.69) is 17.0 Å². The Hall–Kier alpha value is -1.14. The minimum absolute atomic E-state index is 0.726. The molecule has 5 heteroatoms. The fourth-order valence-corrected chi connectivity index (χ4v) is 2.05. The summed E-state index contributed by atoms with van der Waals surface area (Å²) in [5.74, 6) is 0.886. The number of rotatable bonds is 13. The van der Waals surface area contributed by atoms with Crippen molar-refractivity contribution in [2.45, 2.75) is 6.42 Å². The second-order valence-electron chi connectivity index (χ2n) is 5.04. The Balaban J connectivity index is 2.15. The van der Waals surface area contributed by atoms with Crippen molar-refractivity contribution >= 4 is 0 Å². The summed E-state index contributed by atoms with van der Waals surface area (Å²) in [6, 6.07) is 8.11. The molecule has 126 valence electrons. The molecule has 0 aliphatic heterocycles. The first kappa shape index (κ1) is 18.9. The molecule has 5 nitrogen and oxygen atoms in total. The highest BCUT2D eigenvalue weighted by Crippen LogP contribution is 2.11. The molecule has 22 heavy (non-hydrogen) atoms. The Kier molecular flexibility index (Phi) is 10.7. The maximum atomic E-state index is 5.73. The van der Waals surface area contributed by atoms with Crippen LogP contribution in [0.4, 0.5) is 0 Å². The summed E-state index contributed by atoms with van der Waals surface area (Å²) in [5.41, 5.74) is 1.26. The van der Waals surface area contributed by atoms with E-state index in [1.54, 1.807) is 21.3 Å². The molecule has 0 aliphatic rings. The summed E-state index contributed by atoms with van der Waals surface area (Å²) in [7, 11) is 5.12. The minimum Gasteiger partial charge on any atom is -0.497 e. The molecule has 1 aromatic rings. The molecule has 0 amide bonds. The predicted octanol–water partition coefficient (Wildman–Crippen LogP) is 1.85. The molecule has 0 unspecified atom stereocenters. The molecule has 0 aromatic heterocycles. The second kappa shape index (κ2) is 12.4. The topological polar surface area (TPSA) is 40.2 Å². The van der Waals surface area contributed by atoms with Gasteiger partial charge in [-0.05, 0) is 24.1 Å². The molecule has 0 fully saturated rings. The van der Waals surface area contributed by atoms with Crippen LogP contribution in [0.2, 0.25) is 0 Å². The van der Waals surface area contributed by atoms with Crippen LogP contribution in [0.3, 0.4) is 0 Å². The Morgan fingerprint density at radius 2 is 1.36 bits per heavy atom. The zero-order chi connectivity index (χ0) is 16.0. The Morgan fingerprint density at radius 1 is 0.773 bits per heavy atom. The van der Waals surface area contributed by atoms with Crippen LogP contribution in [0.25, 0.3) is 0 Å². The molecule has 0 saturated heterocycles. The molecule has 0 bridgehead atoms. The third-order valence-electron chi connectivity index (χ3n) is 3.47. The summed E-state index contributed by atoms with van der Waals surface area (Å²) in [6.07, 6.45) is 0.917. The second-order valence-corrected chi connectivity index (χ2v) is 5.04. The van der Waals surface area contributed by atoms with Crippen LogP contribution in [-0.4, -0.2) is 72.3 Å². The van der Waals surface area contributed by atoms with Gasteiger partial charge in [0.05, 0.1) is 33.5 Å². The quantitative estimate of drug-likeness (QED) is 0.520. The zero-order valence-corrected chi connectivity index (χ0v) is 14.0. The van der Waals surface area contributed by atoms with Gasteiger partial charge in [-0.15, -0.1) is 0 Å². The van der Waals surface area contributed by atoms with Gasteiger partial charge < -0.3 is 18.9 Å². The fraction of sp³-hybridized carbons (Fsp3) is 0.647. The van der Waals surface area contributed by atoms with Crippen LogP contribution in [0.1, 0.15) is 5.56 Å². The Labute approximate surface area is 134 Å². The average Bonchev–Trinajstić information content (AvgIpc) is 2.56. The monoisotopic (exact) mass is 311 g/mol. The molecule has 0 aliphatic carbocycles. The van der Waals surface area contributed by atoms with Gasteiger partial charge in [-0.2, -0.15) is 0 Å². The minimum atomic E-state index is 0.726. The predicted molar refractivity (Wildman–Crippen MR) is 87.7 cm³/mol. The molecule has 0 spiro atoms. The van der Waals surface area contributed by atoms with Crippen LogP contribution >= 0.6 is 0 Å². The molecular weight excluding hydrogens is 282 g/mol. The molecule has 0 atom stereocenters. The van der Waals surface area contributed by atoms with E-state index >= 15 is 0 Å². The maximum absolute atomic E-state index is 5.73. The lowest BCUT2D eigenvalue weighted by molar-refractivity contribution is 0.0739. The van der Waals surface area contributed by atoms with Crippen LogP contribution < -0.4 is 4.74 Å². The highest BCUT2D eigenvalue weighted by molar-refractivity contribution is 5.27. The van der Waals surface area contributed by atoms with Gasteiger partial charge in [0.2, 0.25) is 0 Å². The number of benzene rings is 1. The van der Waals surface area contributed by atoms with Crippen molar-refractivity contribution in [1.82, 2.24) is 4.90 Å². The third kappa shape index (κ3) is 8.34. The standard InChI is InChI=1S/C17H29NO4/c1-19-13-9-18(10-14-20-2)11-15-22-12-8-16-4-6-17(21-3)7-5-16/h4-7H,8-15H2,1-3H3. The number of methoxy groups -OCH3 is 3. The first-order valence-electron chi connectivity index (χ1n) is 7.71. The first-order chi connectivity index (χ1) is 10.8. The lowest BCUT2D eigenvalue weighted by Gasteiger charge is -2.21. The Morgan fingerprint density at radius 3 is 1.91 bits per heavy atom. The van der Waals surface area contributed by atoms with Crippen molar-refractivity contribution in [2.75, 3.05) is 67.4 Å². The van der Waals surface area contributed by atoms with Gasteiger partial charge in [0, 0.05) is 33.9 Å². The van der Waals surface area contributed by atoms with E-state index in [0.717, 1.165) is 58.2 Å². The van der Waals surface area contributed by atoms with Gasteiger partial charge in [-0.3, -0.25) is 4.90 Å². The van der Waals surface area contributed by atoms with Gasteiger partial charge in [-0.1, -0.05) is 12.1 Å². The van der Waals surface area contributed by atoms with Gasteiger partial charge in [0.15, 0.2) is 0 Å². The van der Waals surface area contributed by atoms with Crippen LogP contribution in [0.5, 0.6) is 5.75 Å². The van der Waals surface area contributed by atoms with Crippen molar-refractivity contribution in [3.8, 4) is 5.75 Å². The molecule has 0 heterocycles. The fourth-order valence-electron chi connectivity index (χ4n) is 2.05. The van der Waals surface area contributed by atoms with Crippen molar-refractivity contribution in [2.24, 2.45) is 0 Å². The van der Waals surface area contributed by atoms with Crippen molar-refractivity contribution in [3.05, 3.63) is 29.8 Å². The number of nitrogens with zero attached hydrogens (tertiary/aromatic N) is 1. The summed E-state index contributed by atoms with van der Waals surface area (Å²) < 4.78 is 21.1. The lowest BCUT2D eigenvalue weighted by Crippen LogP contribution is -2.33. The number of ether oxygens (including phenoxy) is 4. The first-order valence-corrected chi connectivity index (χ1v) is 7.71. The average molecular weight is 311 g/mol. The van der Waals surface area contributed by atoms with Crippen LogP contribution in [0, 0.1) is 0 Å². The van der Waals surface area contributed by atoms with Gasteiger partial charge in [0.25, 0.3) is 0 Å². The van der Waals surface area contributed by atoms with Crippen molar-refractivity contribution in [1.29, 1.82) is 0 Å². The van der Waals surface area contributed by atoms with E-state index in [1.807, 2.05) is 12.1 Å². The largest absolute Gasteiger partial charge is 0.497 e. The highest BCUT2D eigenvalue weighted by Gasteiger charge is 2.04. The lowest BCUT2D eigenvalue weighted by atomic mass is 10.1. The van der Waals surface area contributed by atoms with Crippen LogP contribution in [-0.2, 0) is 20.6 Å². The van der Waals surface area contributed by atoms with E-state index in [-0.39, 0.29) is 0 Å². The Bertz CT molecular complexity index is 361. The van der Waals surface area contributed by atoms with E-state index in [4.69, 9.17) is 18.9 Å². The summed E-state index contributed by atoms with van der Waals surface area (Å²) in [4.78, 5) is 2.29. The van der Waals surface area contributed by atoms with Crippen LogP contribution in [0.15, 0.2) is 24.3 Å². The van der Waals surface area contributed by atoms with Crippen molar-refractivity contribution < 1.29 is 18.9 Å². The summed E-state index contributed by atoms with van der Waals surface area (Å²) in [5, 5.41) is 0. The zero-order valence-electron chi connectivity index (χ0n) is 14.0. The molecule has 1 rings (SSSR count). The molecule has 0 radical (unpaired) electrons. The number of hydrogen-bond acceptors (Lipinski definition) is 5. The summed E-state index contributed by atoms with van der Waals surface area (Å²) in [6.45, 7) is 5.63. The van der Waals surface area contributed by atoms with Crippen molar-refractivity contribution in [3.63, 3.8) is 0 Å². The molecule has 0 N–H and O–H groups in total. The number of hydrogen-bond donors (Lipinski definition) is 0. The third-order valence-corrected chi connectivity index (χ3v) is 3.47. The maximum Gasteiger partial charge on any atom is 0.118 e.